The maximum absolute atomic E-state index is 13.2. The normalized spacial score (nSPS) is 13.6. The summed E-state index contributed by atoms with van der Waals surface area (Å²) in [5.41, 5.74) is 4.18. The number of hydrogen-bond acceptors (Lipinski definition) is 5. The minimum atomic E-state index is -0.205. The molecule has 0 unspecified atom stereocenters. The van der Waals surface area contributed by atoms with Gasteiger partial charge in [0.1, 0.15) is 0 Å². The van der Waals surface area contributed by atoms with Crippen molar-refractivity contribution in [1.29, 1.82) is 5.26 Å². The Labute approximate surface area is 196 Å². The van der Waals surface area contributed by atoms with Gasteiger partial charge in [-0.1, -0.05) is 24.3 Å². The van der Waals surface area contributed by atoms with Crippen molar-refractivity contribution in [3.63, 3.8) is 0 Å². The molecule has 5 rings (SSSR count). The van der Waals surface area contributed by atoms with E-state index in [1.165, 1.54) is 0 Å². The first-order valence-electron chi connectivity index (χ1n) is 11.2. The van der Waals surface area contributed by atoms with Crippen LogP contribution < -0.4 is 10.5 Å². The number of fused-ring (bicyclic) bond motifs is 1. The van der Waals surface area contributed by atoms with E-state index in [0.717, 1.165) is 35.3 Å². The summed E-state index contributed by atoms with van der Waals surface area (Å²) in [6.45, 7) is 2.77. The monoisotopic (exact) mass is 449 g/mol. The van der Waals surface area contributed by atoms with E-state index in [-0.39, 0.29) is 11.5 Å². The van der Waals surface area contributed by atoms with Crippen LogP contribution in [0.4, 0.5) is 5.69 Å². The first-order chi connectivity index (χ1) is 16.6. The zero-order chi connectivity index (χ0) is 23.5. The third-order valence-corrected chi connectivity index (χ3v) is 6.30. The van der Waals surface area contributed by atoms with Gasteiger partial charge in [0.15, 0.2) is 0 Å². The fourth-order valence-electron chi connectivity index (χ4n) is 4.46. The van der Waals surface area contributed by atoms with Gasteiger partial charge in [-0.2, -0.15) is 10.4 Å². The van der Waals surface area contributed by atoms with Gasteiger partial charge in [-0.05, 0) is 60.0 Å². The van der Waals surface area contributed by atoms with Crippen LogP contribution >= 0.6 is 0 Å². The Kier molecular flexibility index (Phi) is 5.79. The Morgan fingerprint density at radius 3 is 2.50 bits per heavy atom. The van der Waals surface area contributed by atoms with Crippen LogP contribution in [0.5, 0.6) is 0 Å². The maximum atomic E-state index is 13.2. The van der Waals surface area contributed by atoms with E-state index in [1.807, 2.05) is 65.6 Å². The number of carbonyl (C=O) groups is 1. The number of piperazine rings is 1. The number of nitriles is 1. The lowest BCUT2D eigenvalue weighted by Gasteiger charge is -2.36. The van der Waals surface area contributed by atoms with Crippen molar-refractivity contribution in [2.24, 2.45) is 0 Å². The fraction of sp³-hybridized carbons (Fsp3) is 0.185. The number of benzene rings is 3. The van der Waals surface area contributed by atoms with Gasteiger partial charge in [-0.15, -0.1) is 0 Å². The average molecular weight is 450 g/mol. The van der Waals surface area contributed by atoms with Gasteiger partial charge < -0.3 is 9.80 Å². The van der Waals surface area contributed by atoms with Crippen LogP contribution in [-0.2, 0) is 6.42 Å². The minimum Gasteiger partial charge on any atom is -0.368 e. The van der Waals surface area contributed by atoms with Crippen molar-refractivity contribution >= 4 is 22.4 Å². The molecule has 1 N–H and O–H groups in total. The Morgan fingerprint density at radius 1 is 0.971 bits per heavy atom. The number of amides is 1. The second-order valence-corrected chi connectivity index (χ2v) is 8.39. The van der Waals surface area contributed by atoms with Gasteiger partial charge in [0.2, 0.25) is 0 Å². The molecule has 34 heavy (non-hydrogen) atoms. The molecule has 7 nitrogen and oxygen atoms in total. The van der Waals surface area contributed by atoms with Gasteiger partial charge in [-0.3, -0.25) is 9.59 Å². The molecule has 3 aromatic carbocycles. The average Bonchev–Trinajstić information content (AvgIpc) is 2.89. The molecule has 1 amide bonds. The Hall–Kier alpha value is -4.44. The minimum absolute atomic E-state index is 0.0253. The smallest absolute Gasteiger partial charge is 0.272 e. The molecule has 1 fully saturated rings. The molecule has 2 heterocycles. The van der Waals surface area contributed by atoms with Crippen LogP contribution in [0, 0.1) is 11.3 Å². The van der Waals surface area contributed by atoms with Gasteiger partial charge >= 0.3 is 0 Å². The molecular formula is C27H23N5O2. The van der Waals surface area contributed by atoms with Gasteiger partial charge in [0, 0.05) is 42.8 Å². The van der Waals surface area contributed by atoms with Gasteiger partial charge in [0.05, 0.1) is 23.2 Å². The van der Waals surface area contributed by atoms with E-state index in [0.29, 0.717) is 36.0 Å². The number of H-pyrrole nitrogens is 1. The number of hydrogen-bond donors (Lipinski definition) is 1. The highest BCUT2D eigenvalue weighted by atomic mass is 16.2. The molecular weight excluding hydrogens is 426 g/mol. The summed E-state index contributed by atoms with van der Waals surface area (Å²) in [4.78, 5) is 29.4. The number of nitrogens with zero attached hydrogens (tertiary/aromatic N) is 4. The highest BCUT2D eigenvalue weighted by Gasteiger charge is 2.22. The Bertz CT molecular complexity index is 1440. The van der Waals surface area contributed by atoms with E-state index >= 15 is 0 Å². The van der Waals surface area contributed by atoms with E-state index in [9.17, 15) is 9.59 Å². The number of aromatic nitrogens is 2. The predicted octanol–water partition coefficient (Wildman–Crippen LogP) is 3.35. The van der Waals surface area contributed by atoms with E-state index < -0.39 is 0 Å². The van der Waals surface area contributed by atoms with Crippen molar-refractivity contribution in [3.05, 3.63) is 106 Å². The lowest BCUT2D eigenvalue weighted by atomic mass is 9.98. The molecule has 168 valence electrons. The number of rotatable bonds is 4. The second kappa shape index (κ2) is 9.20. The summed E-state index contributed by atoms with van der Waals surface area (Å²) in [5, 5.41) is 16.8. The molecule has 1 aliphatic rings. The molecule has 1 saturated heterocycles. The fourth-order valence-corrected chi connectivity index (χ4v) is 4.46. The lowest BCUT2D eigenvalue weighted by molar-refractivity contribution is 0.0746. The zero-order valence-corrected chi connectivity index (χ0v) is 18.6. The predicted molar refractivity (Wildman–Crippen MR) is 131 cm³/mol. The molecule has 0 bridgehead atoms. The second-order valence-electron chi connectivity index (χ2n) is 8.39. The zero-order valence-electron chi connectivity index (χ0n) is 18.6. The van der Waals surface area contributed by atoms with Crippen molar-refractivity contribution in [3.8, 4) is 6.07 Å². The van der Waals surface area contributed by atoms with Crippen molar-refractivity contribution < 1.29 is 4.79 Å². The van der Waals surface area contributed by atoms with Crippen molar-refractivity contribution in [1.82, 2.24) is 15.1 Å². The van der Waals surface area contributed by atoms with Crippen LogP contribution in [0.15, 0.2) is 77.7 Å². The molecule has 0 saturated carbocycles. The number of nitrogens with one attached hydrogen (secondary N) is 1. The molecule has 7 heteroatoms. The maximum Gasteiger partial charge on any atom is 0.272 e. The highest BCUT2D eigenvalue weighted by Crippen LogP contribution is 2.21. The Morgan fingerprint density at radius 2 is 1.74 bits per heavy atom. The SMILES string of the molecule is N#Cc1ccc(N2CCN(C(=O)c3cccc(Cc4cccc5c(=O)[nH]ncc45)c3)CC2)cc1. The first kappa shape index (κ1) is 21.4. The summed E-state index contributed by atoms with van der Waals surface area (Å²) in [6.07, 6.45) is 2.28. The van der Waals surface area contributed by atoms with Gasteiger partial charge in [-0.25, -0.2) is 5.10 Å². The van der Waals surface area contributed by atoms with Crippen molar-refractivity contribution in [2.75, 3.05) is 31.1 Å². The summed E-state index contributed by atoms with van der Waals surface area (Å²) in [5.74, 6) is 0.0253. The summed E-state index contributed by atoms with van der Waals surface area (Å²) < 4.78 is 0. The summed E-state index contributed by atoms with van der Waals surface area (Å²) >= 11 is 0. The number of aromatic amines is 1. The standard InChI is InChI=1S/C27H23N5O2/c28-17-19-7-9-23(10-8-19)31-11-13-32(14-12-31)27(34)22-5-1-3-20(16-22)15-21-4-2-6-24-25(21)18-29-30-26(24)33/h1-10,16,18H,11-15H2,(H,30,33). The number of carbonyl (C=O) groups excluding carboxylic acids is 1. The van der Waals surface area contributed by atoms with E-state index in [1.54, 1.807) is 12.3 Å². The molecule has 0 radical (unpaired) electrons. The Balaban J connectivity index is 1.28. The van der Waals surface area contributed by atoms with Crippen molar-refractivity contribution in [2.45, 2.75) is 6.42 Å². The molecule has 0 atom stereocenters. The largest absolute Gasteiger partial charge is 0.368 e. The van der Waals surface area contributed by atoms with Gasteiger partial charge in [0.25, 0.3) is 11.5 Å². The summed E-state index contributed by atoms with van der Waals surface area (Å²) in [6, 6.07) is 23.0. The summed E-state index contributed by atoms with van der Waals surface area (Å²) in [7, 11) is 0. The number of anilines is 1. The molecule has 0 aliphatic carbocycles. The topological polar surface area (TPSA) is 93.1 Å². The van der Waals surface area contributed by atoms with E-state index in [2.05, 4.69) is 21.2 Å². The van der Waals surface area contributed by atoms with Crippen LogP contribution in [-0.4, -0.2) is 47.2 Å². The molecule has 4 aromatic rings. The molecule has 0 spiro atoms. The van der Waals surface area contributed by atoms with Crippen LogP contribution in [0.3, 0.4) is 0 Å². The first-order valence-corrected chi connectivity index (χ1v) is 11.2. The third kappa shape index (κ3) is 4.26. The molecule has 1 aliphatic heterocycles. The lowest BCUT2D eigenvalue weighted by Crippen LogP contribution is -2.48. The van der Waals surface area contributed by atoms with Crippen LogP contribution in [0.2, 0.25) is 0 Å². The quantitative estimate of drug-likeness (QED) is 0.516. The third-order valence-electron chi connectivity index (χ3n) is 6.30. The van der Waals surface area contributed by atoms with Crippen LogP contribution in [0.25, 0.3) is 10.8 Å². The van der Waals surface area contributed by atoms with E-state index in [4.69, 9.17) is 5.26 Å². The highest BCUT2D eigenvalue weighted by molar-refractivity contribution is 5.94. The molecule has 1 aromatic heterocycles. The van der Waals surface area contributed by atoms with Crippen LogP contribution in [0.1, 0.15) is 27.0 Å².